The number of hydrogen-bond acceptors (Lipinski definition) is 3. The Morgan fingerprint density at radius 2 is 2.10 bits per heavy atom. The number of alkyl halides is 3. The predicted octanol–water partition coefficient (Wildman–Crippen LogP) is 1.90. The molecule has 4 nitrogen and oxygen atoms in total. The van der Waals surface area contributed by atoms with Crippen LogP contribution in [0.3, 0.4) is 0 Å². The lowest BCUT2D eigenvalue weighted by molar-refractivity contribution is -0.139. The van der Waals surface area contributed by atoms with Crippen LogP contribution in [0, 0.1) is 0 Å². The summed E-state index contributed by atoms with van der Waals surface area (Å²) in [4.78, 5) is 11.2. The zero-order valence-electron chi connectivity index (χ0n) is 10.5. The van der Waals surface area contributed by atoms with E-state index in [0.29, 0.717) is 18.5 Å². The predicted molar refractivity (Wildman–Crippen MR) is 68.8 cm³/mol. The lowest BCUT2D eigenvalue weighted by Gasteiger charge is -2.13. The van der Waals surface area contributed by atoms with Crippen LogP contribution in [0.25, 0.3) is 0 Å². The molecule has 3 N–H and O–H groups in total. The zero-order chi connectivity index (χ0) is 15.2. The standard InChI is InChI=1S/C12H14ClF3N2O2/c13-9-3-1-2-8(4-5-17)11(9)20-6-10(19)18-7-12(14,15)16/h1-3H,4-7,17H2,(H,18,19). The molecule has 0 saturated heterocycles. The van der Waals surface area contributed by atoms with Crippen molar-refractivity contribution in [3.8, 4) is 5.75 Å². The van der Waals surface area contributed by atoms with Gasteiger partial charge in [0.25, 0.3) is 5.91 Å². The summed E-state index contributed by atoms with van der Waals surface area (Å²) in [6, 6.07) is 4.98. The number of carbonyl (C=O) groups is 1. The summed E-state index contributed by atoms with van der Waals surface area (Å²) in [7, 11) is 0. The van der Waals surface area contributed by atoms with Crippen molar-refractivity contribution in [2.45, 2.75) is 12.6 Å². The number of carbonyl (C=O) groups excluding carboxylic acids is 1. The molecule has 112 valence electrons. The van der Waals surface area contributed by atoms with Gasteiger partial charge in [-0.05, 0) is 24.6 Å². The van der Waals surface area contributed by atoms with Gasteiger partial charge in [-0.3, -0.25) is 4.79 Å². The Bertz CT molecular complexity index is 467. The maximum atomic E-state index is 11.9. The molecular weight excluding hydrogens is 297 g/mol. The SMILES string of the molecule is NCCc1cccc(Cl)c1OCC(=O)NCC(F)(F)F. The van der Waals surface area contributed by atoms with Crippen LogP contribution in [-0.4, -0.2) is 31.8 Å². The third kappa shape index (κ3) is 5.66. The van der Waals surface area contributed by atoms with Gasteiger partial charge < -0.3 is 15.8 Å². The molecule has 1 amide bonds. The largest absolute Gasteiger partial charge is 0.482 e. The molecular formula is C12H14ClF3N2O2. The van der Waals surface area contributed by atoms with E-state index in [2.05, 4.69) is 0 Å². The quantitative estimate of drug-likeness (QED) is 0.843. The number of nitrogens with one attached hydrogen (secondary N) is 1. The van der Waals surface area contributed by atoms with E-state index in [0.717, 1.165) is 0 Å². The van der Waals surface area contributed by atoms with Crippen molar-refractivity contribution in [3.63, 3.8) is 0 Å². The van der Waals surface area contributed by atoms with Crippen LogP contribution in [0.15, 0.2) is 18.2 Å². The van der Waals surface area contributed by atoms with Crippen LogP contribution < -0.4 is 15.8 Å². The highest BCUT2D eigenvalue weighted by Crippen LogP contribution is 2.28. The molecule has 0 aliphatic heterocycles. The molecule has 1 rings (SSSR count). The van der Waals surface area contributed by atoms with Crippen molar-refractivity contribution in [1.29, 1.82) is 0 Å². The van der Waals surface area contributed by atoms with Crippen molar-refractivity contribution in [2.24, 2.45) is 5.73 Å². The van der Waals surface area contributed by atoms with E-state index >= 15 is 0 Å². The maximum Gasteiger partial charge on any atom is 0.405 e. The monoisotopic (exact) mass is 310 g/mol. The van der Waals surface area contributed by atoms with Crippen LogP contribution >= 0.6 is 11.6 Å². The van der Waals surface area contributed by atoms with Gasteiger partial charge in [0.05, 0.1) is 5.02 Å². The van der Waals surface area contributed by atoms with Gasteiger partial charge in [0.2, 0.25) is 0 Å². The first-order chi connectivity index (χ1) is 9.33. The number of amides is 1. The van der Waals surface area contributed by atoms with Crippen LogP contribution in [-0.2, 0) is 11.2 Å². The molecule has 0 aromatic heterocycles. The highest BCUT2D eigenvalue weighted by Gasteiger charge is 2.27. The van der Waals surface area contributed by atoms with Crippen molar-refractivity contribution in [3.05, 3.63) is 28.8 Å². The van der Waals surface area contributed by atoms with Crippen molar-refractivity contribution >= 4 is 17.5 Å². The average Bonchev–Trinajstić information content (AvgIpc) is 2.35. The second-order valence-corrected chi connectivity index (χ2v) is 4.35. The molecule has 0 radical (unpaired) electrons. The number of benzene rings is 1. The van der Waals surface area contributed by atoms with Gasteiger partial charge in [-0.1, -0.05) is 23.7 Å². The number of hydrogen-bond donors (Lipinski definition) is 2. The van der Waals surface area contributed by atoms with E-state index in [1.54, 1.807) is 23.5 Å². The number of rotatable bonds is 6. The molecule has 8 heteroatoms. The fourth-order valence-electron chi connectivity index (χ4n) is 1.46. The average molecular weight is 311 g/mol. The van der Waals surface area contributed by atoms with Gasteiger partial charge in [-0.2, -0.15) is 13.2 Å². The van der Waals surface area contributed by atoms with Gasteiger partial charge in [0.15, 0.2) is 6.61 Å². The summed E-state index contributed by atoms with van der Waals surface area (Å²) >= 11 is 5.92. The first-order valence-electron chi connectivity index (χ1n) is 5.77. The van der Waals surface area contributed by atoms with Gasteiger partial charge in [0.1, 0.15) is 12.3 Å². The molecule has 0 heterocycles. The Kier molecular flexibility index (Phi) is 6.09. The zero-order valence-corrected chi connectivity index (χ0v) is 11.2. The Balaban J connectivity index is 2.59. The van der Waals surface area contributed by atoms with E-state index in [1.807, 2.05) is 0 Å². The fraction of sp³-hybridized carbons (Fsp3) is 0.417. The molecule has 0 spiro atoms. The van der Waals surface area contributed by atoms with Crippen LogP contribution in [0.4, 0.5) is 13.2 Å². The second kappa shape index (κ2) is 7.35. The maximum absolute atomic E-state index is 11.9. The summed E-state index contributed by atoms with van der Waals surface area (Å²) in [6.45, 7) is -1.58. The summed E-state index contributed by atoms with van der Waals surface area (Å²) in [5, 5.41) is 1.98. The minimum Gasteiger partial charge on any atom is -0.482 e. The molecule has 1 aromatic carbocycles. The van der Waals surface area contributed by atoms with Crippen molar-refractivity contribution in [2.75, 3.05) is 19.7 Å². The van der Waals surface area contributed by atoms with Gasteiger partial charge in [0, 0.05) is 0 Å². The van der Waals surface area contributed by atoms with E-state index in [-0.39, 0.29) is 10.8 Å². The number of halogens is 4. The third-order valence-electron chi connectivity index (χ3n) is 2.30. The Labute approximate surface area is 119 Å². The van der Waals surface area contributed by atoms with Crippen LogP contribution in [0.1, 0.15) is 5.56 Å². The normalized spacial score (nSPS) is 11.2. The Hall–Kier alpha value is -1.47. The fourth-order valence-corrected chi connectivity index (χ4v) is 1.70. The molecule has 0 aliphatic carbocycles. The van der Waals surface area contributed by atoms with Crippen LogP contribution in [0.2, 0.25) is 5.02 Å². The summed E-state index contributed by atoms with van der Waals surface area (Å²) in [5.41, 5.74) is 6.13. The first kappa shape index (κ1) is 16.6. The Morgan fingerprint density at radius 1 is 1.40 bits per heavy atom. The Morgan fingerprint density at radius 3 is 2.70 bits per heavy atom. The first-order valence-corrected chi connectivity index (χ1v) is 6.15. The molecule has 0 bridgehead atoms. The molecule has 20 heavy (non-hydrogen) atoms. The van der Waals surface area contributed by atoms with E-state index in [1.165, 1.54) is 0 Å². The number of para-hydroxylation sites is 1. The highest BCUT2D eigenvalue weighted by atomic mass is 35.5. The second-order valence-electron chi connectivity index (χ2n) is 3.95. The smallest absolute Gasteiger partial charge is 0.405 e. The summed E-state index contributed by atoms with van der Waals surface area (Å²) < 4.78 is 40.9. The number of nitrogens with two attached hydrogens (primary N) is 1. The number of ether oxygens (including phenoxy) is 1. The van der Waals surface area contributed by atoms with E-state index < -0.39 is 25.2 Å². The minimum atomic E-state index is -4.45. The van der Waals surface area contributed by atoms with Gasteiger partial charge in [-0.25, -0.2) is 0 Å². The van der Waals surface area contributed by atoms with Crippen molar-refractivity contribution in [1.82, 2.24) is 5.32 Å². The lowest BCUT2D eigenvalue weighted by atomic mass is 10.1. The molecule has 0 aliphatic rings. The van der Waals surface area contributed by atoms with Gasteiger partial charge in [-0.15, -0.1) is 0 Å². The summed E-state index contributed by atoms with van der Waals surface area (Å²) in [6.07, 6.45) is -3.97. The van der Waals surface area contributed by atoms with Crippen molar-refractivity contribution < 1.29 is 22.7 Å². The highest BCUT2D eigenvalue weighted by molar-refractivity contribution is 6.32. The molecule has 0 unspecified atom stereocenters. The van der Waals surface area contributed by atoms with E-state index in [4.69, 9.17) is 22.1 Å². The molecule has 0 atom stereocenters. The van der Waals surface area contributed by atoms with Crippen LogP contribution in [0.5, 0.6) is 5.75 Å². The summed E-state index contributed by atoms with van der Waals surface area (Å²) in [5.74, 6) is -0.609. The lowest BCUT2D eigenvalue weighted by Crippen LogP contribution is -2.36. The topological polar surface area (TPSA) is 64.3 Å². The van der Waals surface area contributed by atoms with E-state index in [9.17, 15) is 18.0 Å². The molecule has 0 saturated carbocycles. The van der Waals surface area contributed by atoms with Gasteiger partial charge >= 0.3 is 6.18 Å². The minimum absolute atomic E-state index is 0.266. The molecule has 1 aromatic rings. The molecule has 0 fully saturated rings. The third-order valence-corrected chi connectivity index (χ3v) is 2.59.